The number of benzene rings is 1. The molecule has 0 unspecified atom stereocenters. The number of ether oxygens (including phenoxy) is 1. The fourth-order valence-electron chi connectivity index (χ4n) is 3.05. The molecule has 0 radical (unpaired) electrons. The molecule has 0 aromatic heterocycles. The van der Waals surface area contributed by atoms with Gasteiger partial charge in [-0.3, -0.25) is 4.79 Å². The highest BCUT2D eigenvalue weighted by molar-refractivity contribution is 6.01. The van der Waals surface area contributed by atoms with Crippen molar-refractivity contribution in [2.24, 2.45) is 5.92 Å². The summed E-state index contributed by atoms with van der Waals surface area (Å²) >= 11 is 0. The van der Waals surface area contributed by atoms with Gasteiger partial charge >= 0.3 is 0 Å². The standard InChI is InChI=1S/C17H26N2O2/c1-2-21-15-11-5-10-14(18)16(15)17(20)19-12-6-9-13-7-3-4-8-13/h5,10-11,13H,2-4,6-9,12,18H2,1H3,(H,19,20). The number of nitrogen functional groups attached to an aromatic ring is 1. The average Bonchev–Trinajstić information content (AvgIpc) is 2.97. The van der Waals surface area contributed by atoms with E-state index >= 15 is 0 Å². The molecule has 3 N–H and O–H groups in total. The van der Waals surface area contributed by atoms with Crippen molar-refractivity contribution in [3.8, 4) is 5.75 Å². The Hall–Kier alpha value is -1.71. The summed E-state index contributed by atoms with van der Waals surface area (Å²) in [5.74, 6) is 1.29. The van der Waals surface area contributed by atoms with Crippen molar-refractivity contribution in [2.45, 2.75) is 45.4 Å². The van der Waals surface area contributed by atoms with Crippen molar-refractivity contribution in [2.75, 3.05) is 18.9 Å². The maximum absolute atomic E-state index is 12.3. The van der Waals surface area contributed by atoms with Crippen molar-refractivity contribution in [1.82, 2.24) is 5.32 Å². The summed E-state index contributed by atoms with van der Waals surface area (Å²) in [5.41, 5.74) is 6.84. The van der Waals surface area contributed by atoms with Crippen LogP contribution >= 0.6 is 0 Å². The van der Waals surface area contributed by atoms with Crippen LogP contribution in [0.5, 0.6) is 5.75 Å². The van der Waals surface area contributed by atoms with Crippen LogP contribution in [0.15, 0.2) is 18.2 Å². The predicted molar refractivity (Wildman–Crippen MR) is 85.5 cm³/mol. The van der Waals surface area contributed by atoms with Crippen LogP contribution in [0.2, 0.25) is 0 Å². The van der Waals surface area contributed by atoms with Crippen LogP contribution in [-0.4, -0.2) is 19.1 Å². The van der Waals surface area contributed by atoms with E-state index in [1.54, 1.807) is 18.2 Å². The van der Waals surface area contributed by atoms with Gasteiger partial charge in [0.15, 0.2) is 0 Å². The molecular formula is C17H26N2O2. The first-order valence-electron chi connectivity index (χ1n) is 8.02. The van der Waals surface area contributed by atoms with E-state index in [-0.39, 0.29) is 5.91 Å². The maximum Gasteiger partial charge on any atom is 0.257 e. The predicted octanol–water partition coefficient (Wildman–Crippen LogP) is 3.37. The van der Waals surface area contributed by atoms with E-state index in [0.717, 1.165) is 12.3 Å². The molecule has 1 saturated carbocycles. The molecule has 21 heavy (non-hydrogen) atoms. The highest BCUT2D eigenvalue weighted by Gasteiger charge is 2.17. The number of rotatable bonds is 7. The first-order chi connectivity index (χ1) is 10.2. The van der Waals surface area contributed by atoms with Gasteiger partial charge in [-0.1, -0.05) is 31.7 Å². The van der Waals surface area contributed by atoms with Crippen LogP contribution < -0.4 is 15.8 Å². The van der Waals surface area contributed by atoms with Gasteiger partial charge in [0.1, 0.15) is 11.3 Å². The molecule has 0 spiro atoms. The lowest BCUT2D eigenvalue weighted by Gasteiger charge is -2.13. The Morgan fingerprint density at radius 1 is 1.38 bits per heavy atom. The number of nitrogens with one attached hydrogen (secondary N) is 1. The topological polar surface area (TPSA) is 64.3 Å². The number of hydrogen-bond donors (Lipinski definition) is 2. The highest BCUT2D eigenvalue weighted by Crippen LogP contribution is 2.28. The summed E-state index contributed by atoms with van der Waals surface area (Å²) < 4.78 is 5.49. The van der Waals surface area contributed by atoms with Gasteiger partial charge in [-0.05, 0) is 37.8 Å². The fourth-order valence-corrected chi connectivity index (χ4v) is 3.05. The average molecular weight is 290 g/mol. The molecule has 0 atom stereocenters. The number of hydrogen-bond acceptors (Lipinski definition) is 3. The van der Waals surface area contributed by atoms with Crippen LogP contribution in [0, 0.1) is 5.92 Å². The maximum atomic E-state index is 12.3. The van der Waals surface area contributed by atoms with Crippen LogP contribution in [0.4, 0.5) is 5.69 Å². The summed E-state index contributed by atoms with van der Waals surface area (Å²) in [7, 11) is 0. The van der Waals surface area contributed by atoms with Crippen LogP contribution in [-0.2, 0) is 0 Å². The zero-order valence-electron chi connectivity index (χ0n) is 12.9. The highest BCUT2D eigenvalue weighted by atomic mass is 16.5. The molecular weight excluding hydrogens is 264 g/mol. The Labute approximate surface area is 127 Å². The molecule has 1 aliphatic rings. The molecule has 116 valence electrons. The molecule has 1 aromatic rings. The van der Waals surface area contributed by atoms with Crippen molar-refractivity contribution in [1.29, 1.82) is 0 Å². The van der Waals surface area contributed by atoms with Gasteiger partial charge in [0, 0.05) is 12.2 Å². The van der Waals surface area contributed by atoms with E-state index in [1.807, 2.05) is 6.92 Å². The SMILES string of the molecule is CCOc1cccc(N)c1C(=O)NCCCC1CCCC1. The molecule has 2 rings (SSSR count). The minimum atomic E-state index is -0.136. The summed E-state index contributed by atoms with van der Waals surface area (Å²) in [6.07, 6.45) is 7.70. The largest absolute Gasteiger partial charge is 0.493 e. The zero-order chi connectivity index (χ0) is 15.1. The van der Waals surface area contributed by atoms with Gasteiger partial charge in [0.25, 0.3) is 5.91 Å². The third-order valence-corrected chi connectivity index (χ3v) is 4.13. The number of carbonyl (C=O) groups excluding carboxylic acids is 1. The number of amides is 1. The summed E-state index contributed by atoms with van der Waals surface area (Å²) in [6, 6.07) is 5.32. The van der Waals surface area contributed by atoms with Crippen molar-refractivity contribution < 1.29 is 9.53 Å². The Kier molecular flexibility index (Phi) is 5.90. The van der Waals surface area contributed by atoms with Gasteiger partial charge in [0.05, 0.1) is 6.61 Å². The molecule has 0 heterocycles. The van der Waals surface area contributed by atoms with E-state index in [4.69, 9.17) is 10.5 Å². The van der Waals surface area contributed by atoms with Gasteiger partial charge in [0.2, 0.25) is 0 Å². The van der Waals surface area contributed by atoms with Gasteiger partial charge in [-0.25, -0.2) is 0 Å². The lowest BCUT2D eigenvalue weighted by Crippen LogP contribution is -2.26. The molecule has 1 aliphatic carbocycles. The number of nitrogens with two attached hydrogens (primary N) is 1. The van der Waals surface area contributed by atoms with Crippen LogP contribution in [0.1, 0.15) is 55.8 Å². The van der Waals surface area contributed by atoms with Gasteiger partial charge < -0.3 is 15.8 Å². The molecule has 0 saturated heterocycles. The van der Waals surface area contributed by atoms with Gasteiger partial charge in [-0.15, -0.1) is 0 Å². The van der Waals surface area contributed by atoms with Crippen molar-refractivity contribution >= 4 is 11.6 Å². The Morgan fingerprint density at radius 2 is 2.14 bits per heavy atom. The molecule has 4 nitrogen and oxygen atoms in total. The first kappa shape index (κ1) is 15.7. The van der Waals surface area contributed by atoms with Crippen LogP contribution in [0.3, 0.4) is 0 Å². The normalized spacial score (nSPS) is 15.1. The molecule has 0 aliphatic heterocycles. The van der Waals surface area contributed by atoms with E-state index < -0.39 is 0 Å². The Morgan fingerprint density at radius 3 is 2.86 bits per heavy atom. The number of carbonyl (C=O) groups is 1. The fraction of sp³-hybridized carbons (Fsp3) is 0.588. The summed E-state index contributed by atoms with van der Waals surface area (Å²) in [5, 5.41) is 2.96. The smallest absolute Gasteiger partial charge is 0.257 e. The molecule has 1 aromatic carbocycles. The third kappa shape index (κ3) is 4.38. The number of anilines is 1. The lowest BCUT2D eigenvalue weighted by atomic mass is 10.0. The van der Waals surface area contributed by atoms with E-state index in [0.29, 0.717) is 30.2 Å². The molecule has 1 amide bonds. The van der Waals surface area contributed by atoms with E-state index in [9.17, 15) is 4.79 Å². The molecule has 1 fully saturated rings. The quantitative estimate of drug-likeness (QED) is 0.598. The molecule has 4 heteroatoms. The third-order valence-electron chi connectivity index (χ3n) is 4.13. The lowest BCUT2D eigenvalue weighted by molar-refractivity contribution is 0.0949. The van der Waals surface area contributed by atoms with E-state index in [1.165, 1.54) is 32.1 Å². The van der Waals surface area contributed by atoms with Crippen molar-refractivity contribution in [3.63, 3.8) is 0 Å². The second-order valence-corrected chi connectivity index (χ2v) is 5.70. The minimum absolute atomic E-state index is 0.136. The Balaban J connectivity index is 1.84. The van der Waals surface area contributed by atoms with Crippen molar-refractivity contribution in [3.05, 3.63) is 23.8 Å². The van der Waals surface area contributed by atoms with Gasteiger partial charge in [-0.2, -0.15) is 0 Å². The summed E-state index contributed by atoms with van der Waals surface area (Å²) in [4.78, 5) is 12.3. The van der Waals surface area contributed by atoms with Crippen LogP contribution in [0.25, 0.3) is 0 Å². The second-order valence-electron chi connectivity index (χ2n) is 5.70. The zero-order valence-corrected chi connectivity index (χ0v) is 12.9. The first-order valence-corrected chi connectivity index (χ1v) is 8.02. The summed E-state index contributed by atoms with van der Waals surface area (Å²) in [6.45, 7) is 3.12. The molecule has 0 bridgehead atoms. The van der Waals surface area contributed by atoms with E-state index in [2.05, 4.69) is 5.32 Å². The monoisotopic (exact) mass is 290 g/mol. The Bertz CT molecular complexity index is 468. The minimum Gasteiger partial charge on any atom is -0.493 e. The second kappa shape index (κ2) is 7.91.